The zero-order chi connectivity index (χ0) is 14.7. The summed E-state index contributed by atoms with van der Waals surface area (Å²) in [4.78, 5) is 22.3. The second-order valence-electron chi connectivity index (χ2n) is 5.80. The zero-order valence-electron chi connectivity index (χ0n) is 12.0. The second-order valence-corrected chi connectivity index (χ2v) is 5.80. The SMILES string of the molecule is O=C(NCc1ncccn1)[C@H](CO)N1CC2(CCCN2)C1. The molecule has 3 heterocycles. The van der Waals surface area contributed by atoms with Crippen LogP contribution in [0, 0.1) is 0 Å². The molecule has 1 atom stereocenters. The van der Waals surface area contributed by atoms with E-state index in [1.165, 1.54) is 6.42 Å². The van der Waals surface area contributed by atoms with Crippen molar-refractivity contribution >= 4 is 5.91 Å². The van der Waals surface area contributed by atoms with E-state index in [0.717, 1.165) is 26.1 Å². The zero-order valence-corrected chi connectivity index (χ0v) is 12.0. The van der Waals surface area contributed by atoms with Gasteiger partial charge in [0.05, 0.1) is 13.2 Å². The van der Waals surface area contributed by atoms with Gasteiger partial charge in [-0.3, -0.25) is 9.69 Å². The summed E-state index contributed by atoms with van der Waals surface area (Å²) in [5.41, 5.74) is 0.177. The molecule has 0 bridgehead atoms. The molecule has 0 unspecified atom stereocenters. The topological polar surface area (TPSA) is 90.4 Å². The predicted molar refractivity (Wildman–Crippen MR) is 76.3 cm³/mol. The van der Waals surface area contributed by atoms with Crippen molar-refractivity contribution in [2.45, 2.75) is 31.0 Å². The summed E-state index contributed by atoms with van der Waals surface area (Å²) >= 11 is 0. The summed E-state index contributed by atoms with van der Waals surface area (Å²) in [5.74, 6) is 0.401. The Morgan fingerprint density at radius 1 is 1.48 bits per heavy atom. The van der Waals surface area contributed by atoms with Crippen molar-refractivity contribution in [1.82, 2.24) is 25.5 Å². The van der Waals surface area contributed by atoms with E-state index in [9.17, 15) is 9.90 Å². The number of rotatable bonds is 5. The van der Waals surface area contributed by atoms with Crippen molar-refractivity contribution in [3.05, 3.63) is 24.3 Å². The van der Waals surface area contributed by atoms with Gasteiger partial charge in [0.15, 0.2) is 0 Å². The third-order valence-electron chi connectivity index (χ3n) is 4.30. The maximum absolute atomic E-state index is 12.2. The number of aromatic nitrogens is 2. The standard InChI is InChI=1S/C14H21N5O2/c20-8-11(19-9-14(10-19)3-1-6-18-14)13(21)17-7-12-15-4-2-5-16-12/h2,4-5,11,18,20H,1,3,6-10H2,(H,17,21)/t11-/m0/s1. The largest absolute Gasteiger partial charge is 0.394 e. The average Bonchev–Trinajstić information content (AvgIpc) is 2.96. The van der Waals surface area contributed by atoms with Gasteiger partial charge >= 0.3 is 0 Å². The van der Waals surface area contributed by atoms with Crippen LogP contribution in [0.4, 0.5) is 0 Å². The predicted octanol–water partition coefficient (Wildman–Crippen LogP) is -1.11. The van der Waals surface area contributed by atoms with Gasteiger partial charge in [0.25, 0.3) is 0 Å². The van der Waals surface area contributed by atoms with E-state index in [1.807, 2.05) is 4.90 Å². The van der Waals surface area contributed by atoms with E-state index < -0.39 is 6.04 Å². The van der Waals surface area contributed by atoms with Crippen LogP contribution in [0.1, 0.15) is 18.7 Å². The lowest BCUT2D eigenvalue weighted by Gasteiger charge is -2.50. The van der Waals surface area contributed by atoms with Crippen LogP contribution in [0.3, 0.4) is 0 Å². The molecule has 0 aliphatic carbocycles. The Morgan fingerprint density at radius 3 is 2.86 bits per heavy atom. The van der Waals surface area contributed by atoms with E-state index in [4.69, 9.17) is 0 Å². The van der Waals surface area contributed by atoms with Crippen LogP contribution in [-0.4, -0.2) is 63.7 Å². The quantitative estimate of drug-likeness (QED) is 0.637. The Hall–Kier alpha value is -1.57. The van der Waals surface area contributed by atoms with Crippen LogP contribution in [0.2, 0.25) is 0 Å². The van der Waals surface area contributed by atoms with Gasteiger partial charge in [0.2, 0.25) is 5.91 Å². The summed E-state index contributed by atoms with van der Waals surface area (Å²) in [6.07, 6.45) is 5.63. The van der Waals surface area contributed by atoms with E-state index in [2.05, 4.69) is 20.6 Å². The third kappa shape index (κ3) is 3.04. The number of carbonyl (C=O) groups excluding carboxylic acids is 1. The van der Waals surface area contributed by atoms with Crippen molar-refractivity contribution in [3.8, 4) is 0 Å². The number of amides is 1. The highest BCUT2D eigenvalue weighted by Gasteiger charge is 2.48. The molecule has 2 aliphatic heterocycles. The Morgan fingerprint density at radius 2 is 2.24 bits per heavy atom. The first-order chi connectivity index (χ1) is 10.2. The minimum absolute atomic E-state index is 0.169. The molecule has 1 aromatic heterocycles. The van der Waals surface area contributed by atoms with Crippen molar-refractivity contribution in [2.24, 2.45) is 0 Å². The number of aliphatic hydroxyl groups is 1. The molecule has 2 aliphatic rings. The summed E-state index contributed by atoms with van der Waals surface area (Å²) < 4.78 is 0. The fourth-order valence-corrected chi connectivity index (χ4v) is 3.16. The molecule has 7 nitrogen and oxygen atoms in total. The summed E-state index contributed by atoms with van der Waals surface area (Å²) in [6.45, 7) is 2.82. The number of hydrogen-bond donors (Lipinski definition) is 3. The average molecular weight is 291 g/mol. The van der Waals surface area contributed by atoms with Gasteiger partial charge in [-0.1, -0.05) is 0 Å². The number of likely N-dealkylation sites (tertiary alicyclic amines) is 1. The van der Waals surface area contributed by atoms with Gasteiger partial charge < -0.3 is 15.7 Å². The lowest BCUT2D eigenvalue weighted by Crippen LogP contribution is -2.71. The number of nitrogens with one attached hydrogen (secondary N) is 2. The van der Waals surface area contributed by atoms with Crippen LogP contribution < -0.4 is 10.6 Å². The Kier molecular flexibility index (Phi) is 4.14. The van der Waals surface area contributed by atoms with Crippen molar-refractivity contribution in [2.75, 3.05) is 26.2 Å². The van der Waals surface area contributed by atoms with E-state index in [0.29, 0.717) is 5.82 Å². The first-order valence-electron chi connectivity index (χ1n) is 7.36. The lowest BCUT2D eigenvalue weighted by molar-refractivity contribution is -0.132. The van der Waals surface area contributed by atoms with Gasteiger partial charge in [-0.25, -0.2) is 9.97 Å². The molecule has 1 amide bonds. The molecule has 3 rings (SSSR count). The Balaban J connectivity index is 1.50. The van der Waals surface area contributed by atoms with Crippen LogP contribution in [-0.2, 0) is 11.3 Å². The fraction of sp³-hybridized carbons (Fsp3) is 0.643. The minimum Gasteiger partial charge on any atom is -0.394 e. The number of carbonyl (C=O) groups is 1. The fourth-order valence-electron chi connectivity index (χ4n) is 3.16. The summed E-state index contributed by atoms with van der Waals surface area (Å²) in [5, 5.41) is 15.8. The van der Waals surface area contributed by atoms with E-state index in [1.54, 1.807) is 18.5 Å². The molecule has 2 fully saturated rings. The van der Waals surface area contributed by atoms with Gasteiger partial charge in [0, 0.05) is 31.0 Å². The number of hydrogen-bond acceptors (Lipinski definition) is 6. The molecule has 21 heavy (non-hydrogen) atoms. The molecule has 7 heteroatoms. The molecule has 2 saturated heterocycles. The Labute approximate surface area is 123 Å². The highest BCUT2D eigenvalue weighted by Crippen LogP contribution is 2.31. The molecule has 1 spiro atoms. The molecular formula is C14H21N5O2. The van der Waals surface area contributed by atoms with Gasteiger partial charge in [-0.2, -0.15) is 0 Å². The smallest absolute Gasteiger partial charge is 0.240 e. The maximum atomic E-state index is 12.2. The second kappa shape index (κ2) is 6.05. The molecule has 0 aromatic carbocycles. The molecule has 3 N–H and O–H groups in total. The monoisotopic (exact) mass is 291 g/mol. The summed E-state index contributed by atoms with van der Waals surface area (Å²) in [6, 6.07) is 1.25. The summed E-state index contributed by atoms with van der Waals surface area (Å²) in [7, 11) is 0. The molecule has 114 valence electrons. The molecule has 0 saturated carbocycles. The highest BCUT2D eigenvalue weighted by molar-refractivity contribution is 5.82. The van der Waals surface area contributed by atoms with Gasteiger partial charge in [-0.15, -0.1) is 0 Å². The first kappa shape index (κ1) is 14.4. The molecule has 1 aromatic rings. The van der Waals surface area contributed by atoms with E-state index in [-0.39, 0.29) is 24.6 Å². The maximum Gasteiger partial charge on any atom is 0.240 e. The lowest BCUT2D eigenvalue weighted by atomic mass is 9.87. The van der Waals surface area contributed by atoms with E-state index >= 15 is 0 Å². The number of aliphatic hydroxyl groups excluding tert-OH is 1. The number of nitrogens with zero attached hydrogens (tertiary/aromatic N) is 3. The normalized spacial score (nSPS) is 22.0. The van der Waals surface area contributed by atoms with Crippen LogP contribution in [0.5, 0.6) is 0 Å². The highest BCUT2D eigenvalue weighted by atomic mass is 16.3. The van der Waals surface area contributed by atoms with Crippen molar-refractivity contribution in [3.63, 3.8) is 0 Å². The third-order valence-corrected chi connectivity index (χ3v) is 4.30. The van der Waals surface area contributed by atoms with Gasteiger partial charge in [0.1, 0.15) is 11.9 Å². The van der Waals surface area contributed by atoms with Crippen molar-refractivity contribution in [1.29, 1.82) is 0 Å². The van der Waals surface area contributed by atoms with Crippen LogP contribution >= 0.6 is 0 Å². The first-order valence-corrected chi connectivity index (χ1v) is 7.36. The minimum atomic E-state index is -0.485. The molecule has 0 radical (unpaired) electrons. The Bertz CT molecular complexity index is 481. The van der Waals surface area contributed by atoms with Gasteiger partial charge in [-0.05, 0) is 25.5 Å². The van der Waals surface area contributed by atoms with Crippen molar-refractivity contribution < 1.29 is 9.90 Å². The molecular weight excluding hydrogens is 270 g/mol. The van der Waals surface area contributed by atoms with Crippen LogP contribution in [0.15, 0.2) is 18.5 Å². The van der Waals surface area contributed by atoms with Crippen LogP contribution in [0.25, 0.3) is 0 Å².